The normalized spacial score (nSPS) is 26.8. The van der Waals surface area contributed by atoms with Gasteiger partial charge in [0.25, 0.3) is 0 Å². The summed E-state index contributed by atoms with van der Waals surface area (Å²) in [7, 11) is -2.99. The Morgan fingerprint density at radius 1 is 1.62 bits per heavy atom. The van der Waals surface area contributed by atoms with Crippen LogP contribution in [0.5, 0.6) is 0 Å². The van der Waals surface area contributed by atoms with Gasteiger partial charge in [-0.2, -0.15) is 4.31 Å². The minimum atomic E-state index is -2.99. The highest BCUT2D eigenvalue weighted by molar-refractivity contribution is 7.88. The van der Waals surface area contributed by atoms with Gasteiger partial charge in [-0.05, 0) is 25.3 Å². The van der Waals surface area contributed by atoms with Crippen molar-refractivity contribution in [1.82, 2.24) is 4.31 Å². The molecule has 0 aliphatic carbocycles. The summed E-state index contributed by atoms with van der Waals surface area (Å²) in [6, 6.07) is 0.193. The molecule has 4 nitrogen and oxygen atoms in total. The molecule has 5 heteroatoms. The maximum Gasteiger partial charge on any atom is 0.211 e. The Morgan fingerprint density at radius 3 is 2.54 bits per heavy atom. The largest absolute Gasteiger partial charge is 0.330 e. The number of nitrogens with two attached hydrogens (primary N) is 1. The summed E-state index contributed by atoms with van der Waals surface area (Å²) in [6.45, 7) is 3.38. The molecule has 1 heterocycles. The van der Waals surface area contributed by atoms with Crippen molar-refractivity contribution in [2.45, 2.75) is 25.8 Å². The van der Waals surface area contributed by atoms with Crippen molar-refractivity contribution in [3.8, 4) is 0 Å². The van der Waals surface area contributed by atoms with Crippen LogP contribution in [0, 0.1) is 5.92 Å². The quantitative estimate of drug-likeness (QED) is 0.704. The molecule has 78 valence electrons. The van der Waals surface area contributed by atoms with E-state index >= 15 is 0 Å². The highest BCUT2D eigenvalue weighted by Crippen LogP contribution is 2.28. The minimum absolute atomic E-state index is 0.193. The zero-order valence-electron chi connectivity index (χ0n) is 8.23. The van der Waals surface area contributed by atoms with Gasteiger partial charge in [-0.3, -0.25) is 0 Å². The number of hydrogen-bond acceptors (Lipinski definition) is 3. The first-order valence-corrected chi connectivity index (χ1v) is 6.48. The third-order valence-corrected chi connectivity index (χ3v) is 4.03. The standard InChI is InChI=1S/C8H18N2O2S/c1-7(3-5-9)8-4-6-10(8)13(2,11)12/h7-8H,3-6,9H2,1-2H3. The number of nitrogens with zero attached hydrogens (tertiary/aromatic N) is 1. The Labute approximate surface area is 80.1 Å². The zero-order valence-corrected chi connectivity index (χ0v) is 9.05. The molecule has 1 aliphatic rings. The van der Waals surface area contributed by atoms with Crippen LogP contribution in [-0.4, -0.2) is 38.1 Å². The van der Waals surface area contributed by atoms with Gasteiger partial charge < -0.3 is 5.73 Å². The van der Waals surface area contributed by atoms with Gasteiger partial charge in [0.1, 0.15) is 0 Å². The second kappa shape index (κ2) is 3.94. The fraction of sp³-hybridized carbons (Fsp3) is 1.00. The van der Waals surface area contributed by atoms with Gasteiger partial charge in [0.15, 0.2) is 0 Å². The van der Waals surface area contributed by atoms with Gasteiger partial charge in [0.05, 0.1) is 6.26 Å². The number of sulfonamides is 1. The Kier molecular flexibility index (Phi) is 3.32. The lowest BCUT2D eigenvalue weighted by atomic mass is 9.91. The molecule has 1 fully saturated rings. The Bertz CT molecular complexity index is 263. The van der Waals surface area contributed by atoms with Crippen LogP contribution in [0.1, 0.15) is 19.8 Å². The van der Waals surface area contributed by atoms with Gasteiger partial charge in [-0.1, -0.05) is 6.92 Å². The molecule has 0 aromatic heterocycles. The minimum Gasteiger partial charge on any atom is -0.330 e. The lowest BCUT2D eigenvalue weighted by molar-refractivity contribution is 0.139. The van der Waals surface area contributed by atoms with Crippen LogP contribution in [0.2, 0.25) is 0 Å². The fourth-order valence-corrected chi connectivity index (χ4v) is 3.06. The summed E-state index contributed by atoms with van der Waals surface area (Å²) in [5.41, 5.74) is 5.43. The van der Waals surface area contributed by atoms with E-state index in [4.69, 9.17) is 5.73 Å². The van der Waals surface area contributed by atoms with E-state index in [1.807, 2.05) is 0 Å². The van der Waals surface area contributed by atoms with Crippen molar-refractivity contribution >= 4 is 10.0 Å². The molecule has 2 unspecified atom stereocenters. The van der Waals surface area contributed by atoms with Crippen LogP contribution in [0.25, 0.3) is 0 Å². The maximum atomic E-state index is 11.2. The van der Waals surface area contributed by atoms with E-state index in [2.05, 4.69) is 6.92 Å². The first-order valence-electron chi connectivity index (χ1n) is 4.63. The van der Waals surface area contributed by atoms with Gasteiger partial charge in [-0.25, -0.2) is 8.42 Å². The summed E-state index contributed by atoms with van der Waals surface area (Å²) < 4.78 is 24.0. The van der Waals surface area contributed by atoms with Crippen molar-refractivity contribution in [2.24, 2.45) is 11.7 Å². The summed E-state index contributed by atoms with van der Waals surface area (Å²) >= 11 is 0. The molecule has 2 N–H and O–H groups in total. The molecular formula is C8H18N2O2S. The molecule has 0 radical (unpaired) electrons. The van der Waals surface area contributed by atoms with E-state index in [9.17, 15) is 8.42 Å². The van der Waals surface area contributed by atoms with E-state index in [1.165, 1.54) is 6.26 Å². The molecule has 2 atom stereocenters. The molecule has 1 aliphatic heterocycles. The Hall–Kier alpha value is -0.130. The van der Waals surface area contributed by atoms with Crippen molar-refractivity contribution < 1.29 is 8.42 Å². The molecule has 1 saturated heterocycles. The van der Waals surface area contributed by atoms with Crippen LogP contribution in [-0.2, 0) is 10.0 Å². The number of hydrogen-bond donors (Lipinski definition) is 1. The lowest BCUT2D eigenvalue weighted by Gasteiger charge is -2.42. The molecule has 0 aromatic rings. The van der Waals surface area contributed by atoms with Gasteiger partial charge in [-0.15, -0.1) is 0 Å². The average Bonchev–Trinajstić information content (AvgIpc) is 1.79. The molecule has 0 amide bonds. The lowest BCUT2D eigenvalue weighted by Crippen LogP contribution is -2.53. The summed E-state index contributed by atoms with van der Waals surface area (Å²) in [6.07, 6.45) is 3.15. The van der Waals surface area contributed by atoms with Crippen LogP contribution < -0.4 is 5.73 Å². The number of rotatable bonds is 4. The molecule has 0 spiro atoms. The Balaban J connectivity index is 2.54. The Morgan fingerprint density at radius 2 is 2.23 bits per heavy atom. The summed E-state index contributed by atoms with van der Waals surface area (Å²) in [5.74, 6) is 0.383. The van der Waals surface area contributed by atoms with Crippen molar-refractivity contribution in [3.05, 3.63) is 0 Å². The van der Waals surface area contributed by atoms with E-state index in [0.29, 0.717) is 19.0 Å². The van der Waals surface area contributed by atoms with Crippen LogP contribution in [0.3, 0.4) is 0 Å². The van der Waals surface area contributed by atoms with Gasteiger partial charge in [0, 0.05) is 12.6 Å². The predicted molar refractivity (Wildman–Crippen MR) is 52.8 cm³/mol. The molecule has 13 heavy (non-hydrogen) atoms. The third kappa shape index (κ3) is 2.42. The van der Waals surface area contributed by atoms with Crippen LogP contribution in [0.15, 0.2) is 0 Å². The third-order valence-electron chi connectivity index (χ3n) is 2.72. The molecule has 0 aromatic carbocycles. The highest BCUT2D eigenvalue weighted by atomic mass is 32.2. The molecule has 0 bridgehead atoms. The van der Waals surface area contributed by atoms with Gasteiger partial charge in [0.2, 0.25) is 10.0 Å². The monoisotopic (exact) mass is 206 g/mol. The highest BCUT2D eigenvalue weighted by Gasteiger charge is 2.37. The first kappa shape index (κ1) is 10.9. The smallest absolute Gasteiger partial charge is 0.211 e. The summed E-state index contributed by atoms with van der Waals surface area (Å²) in [5, 5.41) is 0. The van der Waals surface area contributed by atoms with Gasteiger partial charge >= 0.3 is 0 Å². The molecular weight excluding hydrogens is 188 g/mol. The predicted octanol–water partition coefficient (Wildman–Crippen LogP) is 0.00520. The van der Waals surface area contributed by atoms with Crippen LogP contribution in [0.4, 0.5) is 0 Å². The van der Waals surface area contributed by atoms with E-state index < -0.39 is 10.0 Å². The summed E-state index contributed by atoms with van der Waals surface area (Å²) in [4.78, 5) is 0. The fourth-order valence-electron chi connectivity index (χ4n) is 1.82. The first-order chi connectivity index (χ1) is 5.96. The topological polar surface area (TPSA) is 63.4 Å². The van der Waals surface area contributed by atoms with Crippen molar-refractivity contribution in [2.75, 3.05) is 19.3 Å². The SMILES string of the molecule is CC(CCN)C1CCN1S(C)(=O)=O. The van der Waals surface area contributed by atoms with Crippen LogP contribution >= 0.6 is 0 Å². The van der Waals surface area contributed by atoms with E-state index in [1.54, 1.807) is 4.31 Å². The second-order valence-electron chi connectivity index (χ2n) is 3.78. The van der Waals surface area contributed by atoms with E-state index in [0.717, 1.165) is 12.8 Å². The molecule has 0 saturated carbocycles. The zero-order chi connectivity index (χ0) is 10.1. The van der Waals surface area contributed by atoms with E-state index in [-0.39, 0.29) is 6.04 Å². The maximum absolute atomic E-state index is 11.2. The van der Waals surface area contributed by atoms with Crippen molar-refractivity contribution in [1.29, 1.82) is 0 Å². The van der Waals surface area contributed by atoms with Crippen molar-refractivity contribution in [3.63, 3.8) is 0 Å². The molecule has 1 rings (SSSR count). The average molecular weight is 206 g/mol. The second-order valence-corrected chi connectivity index (χ2v) is 5.72.